The van der Waals surface area contributed by atoms with E-state index in [9.17, 15) is 10.1 Å². The van der Waals surface area contributed by atoms with Gasteiger partial charge in [-0.25, -0.2) is 4.98 Å². The van der Waals surface area contributed by atoms with E-state index in [1.807, 2.05) is 25.1 Å². The van der Waals surface area contributed by atoms with Gasteiger partial charge in [-0.15, -0.1) is 0 Å². The highest BCUT2D eigenvalue weighted by Gasteiger charge is 2.10. The van der Waals surface area contributed by atoms with E-state index in [-0.39, 0.29) is 5.69 Å². The molecule has 110 valence electrons. The molecule has 1 aromatic carbocycles. The van der Waals surface area contributed by atoms with Crippen molar-refractivity contribution in [2.45, 2.75) is 20.5 Å². The van der Waals surface area contributed by atoms with Gasteiger partial charge < -0.3 is 10.1 Å². The Morgan fingerprint density at radius 1 is 1.33 bits per heavy atom. The van der Waals surface area contributed by atoms with Gasteiger partial charge in [-0.3, -0.25) is 10.1 Å². The first kappa shape index (κ1) is 14.8. The van der Waals surface area contributed by atoms with Gasteiger partial charge in [0.15, 0.2) is 0 Å². The number of hydrogen-bond acceptors (Lipinski definition) is 5. The van der Waals surface area contributed by atoms with E-state index in [4.69, 9.17) is 4.74 Å². The highest BCUT2D eigenvalue weighted by Crippen LogP contribution is 2.23. The minimum atomic E-state index is -0.402. The third kappa shape index (κ3) is 3.92. The van der Waals surface area contributed by atoms with Crippen molar-refractivity contribution >= 4 is 11.5 Å². The standard InChI is InChI=1S/C15H17N3O3/c1-3-16-15-6-4-5-12(17-15)10-21-13-7-8-14(18(19)20)11(2)9-13/h4-9H,3,10H2,1-2H3,(H,16,17). The van der Waals surface area contributed by atoms with Crippen LogP contribution in [0, 0.1) is 17.0 Å². The van der Waals surface area contributed by atoms with Crippen LogP contribution >= 0.6 is 0 Å². The van der Waals surface area contributed by atoms with Crippen molar-refractivity contribution in [1.29, 1.82) is 0 Å². The average molecular weight is 287 g/mol. The molecule has 2 rings (SSSR count). The lowest BCUT2D eigenvalue weighted by Crippen LogP contribution is -2.03. The first-order valence-corrected chi connectivity index (χ1v) is 6.68. The van der Waals surface area contributed by atoms with E-state index >= 15 is 0 Å². The summed E-state index contributed by atoms with van der Waals surface area (Å²) in [7, 11) is 0. The number of nitrogens with zero attached hydrogens (tertiary/aromatic N) is 2. The lowest BCUT2D eigenvalue weighted by atomic mass is 10.2. The molecule has 0 spiro atoms. The van der Waals surface area contributed by atoms with Gasteiger partial charge >= 0.3 is 0 Å². The summed E-state index contributed by atoms with van der Waals surface area (Å²) in [5, 5.41) is 13.9. The van der Waals surface area contributed by atoms with Crippen LogP contribution in [0.25, 0.3) is 0 Å². The molecule has 6 heteroatoms. The molecule has 0 amide bonds. The van der Waals surface area contributed by atoms with Crippen molar-refractivity contribution in [2.75, 3.05) is 11.9 Å². The Morgan fingerprint density at radius 3 is 2.81 bits per heavy atom. The van der Waals surface area contributed by atoms with Crippen LogP contribution in [0.5, 0.6) is 5.75 Å². The first-order chi connectivity index (χ1) is 10.1. The molecule has 1 N–H and O–H groups in total. The molecule has 0 fully saturated rings. The van der Waals surface area contributed by atoms with E-state index in [0.29, 0.717) is 17.9 Å². The van der Waals surface area contributed by atoms with E-state index in [0.717, 1.165) is 18.1 Å². The summed E-state index contributed by atoms with van der Waals surface area (Å²) < 4.78 is 5.63. The molecule has 0 atom stereocenters. The monoisotopic (exact) mass is 287 g/mol. The zero-order chi connectivity index (χ0) is 15.2. The number of hydrogen-bond donors (Lipinski definition) is 1. The van der Waals surface area contributed by atoms with Gasteiger partial charge in [0, 0.05) is 18.2 Å². The number of benzene rings is 1. The van der Waals surface area contributed by atoms with Crippen LogP contribution in [0.15, 0.2) is 36.4 Å². The molecular weight excluding hydrogens is 270 g/mol. The summed E-state index contributed by atoms with van der Waals surface area (Å²) in [5.74, 6) is 1.40. The molecule has 0 saturated heterocycles. The van der Waals surface area contributed by atoms with Crippen LogP contribution in [0.4, 0.5) is 11.5 Å². The Bertz CT molecular complexity index is 644. The minimum Gasteiger partial charge on any atom is -0.487 e. The van der Waals surface area contributed by atoms with Crippen LogP contribution < -0.4 is 10.1 Å². The fourth-order valence-electron chi connectivity index (χ4n) is 1.92. The predicted molar refractivity (Wildman–Crippen MR) is 80.6 cm³/mol. The Balaban J connectivity index is 2.04. The molecule has 1 aromatic heterocycles. The highest BCUT2D eigenvalue weighted by molar-refractivity contribution is 5.44. The van der Waals surface area contributed by atoms with E-state index in [1.54, 1.807) is 19.1 Å². The fourth-order valence-corrected chi connectivity index (χ4v) is 1.92. The Kier molecular flexibility index (Phi) is 4.71. The number of rotatable bonds is 6. The number of pyridine rings is 1. The maximum atomic E-state index is 10.8. The average Bonchev–Trinajstić information content (AvgIpc) is 2.45. The van der Waals surface area contributed by atoms with Crippen molar-refractivity contribution in [3.63, 3.8) is 0 Å². The third-order valence-electron chi connectivity index (χ3n) is 2.92. The summed E-state index contributed by atoms with van der Waals surface area (Å²) in [6.07, 6.45) is 0. The summed E-state index contributed by atoms with van der Waals surface area (Å²) in [5.41, 5.74) is 1.46. The van der Waals surface area contributed by atoms with Crippen LogP contribution in [0.1, 0.15) is 18.2 Å². The van der Waals surface area contributed by atoms with Crippen molar-refractivity contribution in [3.05, 3.63) is 57.8 Å². The lowest BCUT2D eigenvalue weighted by Gasteiger charge is -2.08. The number of nitro benzene ring substituents is 1. The molecule has 0 aliphatic rings. The maximum absolute atomic E-state index is 10.8. The van der Waals surface area contributed by atoms with Gasteiger partial charge in [0.2, 0.25) is 0 Å². The molecule has 1 heterocycles. The SMILES string of the molecule is CCNc1cccc(COc2ccc([N+](=O)[O-])c(C)c2)n1. The normalized spacial score (nSPS) is 10.2. The van der Waals surface area contributed by atoms with Crippen molar-refractivity contribution < 1.29 is 9.66 Å². The van der Waals surface area contributed by atoms with Crippen molar-refractivity contribution in [3.8, 4) is 5.75 Å². The first-order valence-electron chi connectivity index (χ1n) is 6.68. The molecule has 0 radical (unpaired) electrons. The second-order valence-corrected chi connectivity index (χ2v) is 4.54. The number of anilines is 1. The molecule has 0 bridgehead atoms. The number of aryl methyl sites for hydroxylation is 1. The zero-order valence-electron chi connectivity index (χ0n) is 12.0. The van der Waals surface area contributed by atoms with Gasteiger partial charge in [0.05, 0.1) is 10.6 Å². The van der Waals surface area contributed by atoms with E-state index in [2.05, 4.69) is 10.3 Å². The molecule has 0 aliphatic heterocycles. The highest BCUT2D eigenvalue weighted by atomic mass is 16.6. The summed E-state index contributed by atoms with van der Waals surface area (Å²) in [4.78, 5) is 14.8. The minimum absolute atomic E-state index is 0.0922. The largest absolute Gasteiger partial charge is 0.487 e. The number of ether oxygens (including phenoxy) is 1. The predicted octanol–water partition coefficient (Wildman–Crippen LogP) is 3.31. The van der Waals surface area contributed by atoms with Crippen LogP contribution in [-0.4, -0.2) is 16.5 Å². The lowest BCUT2D eigenvalue weighted by molar-refractivity contribution is -0.385. The van der Waals surface area contributed by atoms with Crippen LogP contribution in [-0.2, 0) is 6.61 Å². The molecule has 21 heavy (non-hydrogen) atoms. The summed E-state index contributed by atoms with van der Waals surface area (Å²) >= 11 is 0. The van der Waals surface area contributed by atoms with Crippen molar-refractivity contribution in [1.82, 2.24) is 4.98 Å². The van der Waals surface area contributed by atoms with Crippen LogP contribution in [0.3, 0.4) is 0 Å². The van der Waals surface area contributed by atoms with E-state index in [1.165, 1.54) is 6.07 Å². The van der Waals surface area contributed by atoms with Crippen LogP contribution in [0.2, 0.25) is 0 Å². The van der Waals surface area contributed by atoms with Gasteiger partial charge in [-0.2, -0.15) is 0 Å². The molecule has 0 aliphatic carbocycles. The molecule has 0 saturated carbocycles. The Labute approximate surface area is 122 Å². The maximum Gasteiger partial charge on any atom is 0.272 e. The summed E-state index contributed by atoms with van der Waals surface area (Å²) in [6.45, 7) is 4.81. The molecule has 2 aromatic rings. The number of aromatic nitrogens is 1. The number of nitro groups is 1. The van der Waals surface area contributed by atoms with E-state index < -0.39 is 4.92 Å². The topological polar surface area (TPSA) is 77.3 Å². The Morgan fingerprint density at radius 2 is 2.14 bits per heavy atom. The summed E-state index contributed by atoms with van der Waals surface area (Å²) in [6, 6.07) is 10.4. The Hall–Kier alpha value is -2.63. The smallest absolute Gasteiger partial charge is 0.272 e. The third-order valence-corrected chi connectivity index (χ3v) is 2.92. The zero-order valence-corrected chi connectivity index (χ0v) is 12.0. The second kappa shape index (κ2) is 6.69. The molecule has 6 nitrogen and oxygen atoms in total. The quantitative estimate of drug-likeness (QED) is 0.651. The second-order valence-electron chi connectivity index (χ2n) is 4.54. The van der Waals surface area contributed by atoms with Gasteiger partial charge in [0.25, 0.3) is 5.69 Å². The molecular formula is C15H17N3O3. The fraction of sp³-hybridized carbons (Fsp3) is 0.267. The number of nitrogens with one attached hydrogen (secondary N) is 1. The van der Waals surface area contributed by atoms with Crippen molar-refractivity contribution in [2.24, 2.45) is 0 Å². The molecule has 0 unspecified atom stereocenters. The van der Waals surface area contributed by atoms with Gasteiger partial charge in [0.1, 0.15) is 18.2 Å². The van der Waals surface area contributed by atoms with Gasteiger partial charge in [-0.05, 0) is 38.1 Å². The van der Waals surface area contributed by atoms with Gasteiger partial charge in [-0.1, -0.05) is 6.07 Å².